The molecule has 0 saturated carbocycles. The highest BCUT2D eigenvalue weighted by molar-refractivity contribution is 5.95. The van der Waals surface area contributed by atoms with E-state index in [0.29, 0.717) is 30.4 Å². The van der Waals surface area contributed by atoms with E-state index in [-0.39, 0.29) is 11.5 Å². The number of aryl methyl sites for hydroxylation is 1. The van der Waals surface area contributed by atoms with Gasteiger partial charge in [0.15, 0.2) is 0 Å². The molecule has 0 spiro atoms. The molecule has 1 aromatic carbocycles. The van der Waals surface area contributed by atoms with E-state index in [1.54, 1.807) is 17.9 Å². The Bertz CT molecular complexity index is 561. The quantitative estimate of drug-likeness (QED) is 0.805. The normalized spacial score (nSPS) is 23.0. The topological polar surface area (TPSA) is 49.6 Å². The highest BCUT2D eigenvalue weighted by atomic mass is 19.1. The Labute approximate surface area is 124 Å². The van der Waals surface area contributed by atoms with Crippen LogP contribution in [0.3, 0.4) is 0 Å². The Morgan fingerprint density at radius 3 is 2.90 bits per heavy atom. The van der Waals surface area contributed by atoms with Gasteiger partial charge in [0.1, 0.15) is 5.82 Å². The van der Waals surface area contributed by atoms with Gasteiger partial charge in [-0.1, -0.05) is 6.42 Å². The molecule has 1 amide bonds. The van der Waals surface area contributed by atoms with Crippen LogP contribution in [0.2, 0.25) is 0 Å². The zero-order valence-electron chi connectivity index (χ0n) is 12.4. The van der Waals surface area contributed by atoms with Crippen LogP contribution in [-0.2, 0) is 0 Å². The van der Waals surface area contributed by atoms with Gasteiger partial charge >= 0.3 is 0 Å². The number of nitrogens with zero attached hydrogens (tertiary/aromatic N) is 2. The van der Waals surface area contributed by atoms with Crippen LogP contribution in [0, 0.1) is 12.7 Å². The number of piperazine rings is 1. The minimum Gasteiger partial charge on any atom is -0.399 e. The van der Waals surface area contributed by atoms with E-state index < -0.39 is 5.82 Å². The largest absolute Gasteiger partial charge is 0.399 e. The fourth-order valence-corrected chi connectivity index (χ4v) is 3.46. The van der Waals surface area contributed by atoms with E-state index in [1.165, 1.54) is 18.9 Å². The van der Waals surface area contributed by atoms with Gasteiger partial charge in [0.05, 0.1) is 5.56 Å². The molecule has 2 aliphatic heterocycles. The Balaban J connectivity index is 1.79. The fraction of sp³-hybridized carbons (Fsp3) is 0.562. The third-order valence-electron chi connectivity index (χ3n) is 4.63. The number of amides is 1. The maximum Gasteiger partial charge on any atom is 0.257 e. The molecule has 114 valence electrons. The molecule has 0 bridgehead atoms. The van der Waals surface area contributed by atoms with Gasteiger partial charge in [0, 0.05) is 31.4 Å². The molecule has 0 radical (unpaired) electrons. The number of rotatable bonds is 1. The van der Waals surface area contributed by atoms with Crippen LogP contribution in [0.1, 0.15) is 35.2 Å². The fourth-order valence-electron chi connectivity index (χ4n) is 3.46. The molecule has 1 unspecified atom stereocenters. The van der Waals surface area contributed by atoms with Crippen molar-refractivity contribution in [3.8, 4) is 0 Å². The first kappa shape index (κ1) is 14.3. The molecular formula is C16H22FN3O. The lowest BCUT2D eigenvalue weighted by atomic mass is 9.98. The molecule has 2 aliphatic rings. The zero-order valence-corrected chi connectivity index (χ0v) is 12.4. The number of piperidine rings is 1. The van der Waals surface area contributed by atoms with Crippen molar-refractivity contribution in [1.29, 1.82) is 0 Å². The summed E-state index contributed by atoms with van der Waals surface area (Å²) in [5, 5.41) is 0. The van der Waals surface area contributed by atoms with Gasteiger partial charge in [0.25, 0.3) is 5.91 Å². The van der Waals surface area contributed by atoms with Crippen LogP contribution in [0.15, 0.2) is 12.1 Å². The summed E-state index contributed by atoms with van der Waals surface area (Å²) in [7, 11) is 0. The van der Waals surface area contributed by atoms with Crippen LogP contribution < -0.4 is 5.73 Å². The average molecular weight is 291 g/mol. The van der Waals surface area contributed by atoms with Crippen LogP contribution in [-0.4, -0.2) is 47.9 Å². The Morgan fingerprint density at radius 1 is 1.29 bits per heavy atom. The lowest BCUT2D eigenvalue weighted by Gasteiger charge is -2.44. The molecule has 0 aliphatic carbocycles. The maximum atomic E-state index is 14.2. The lowest BCUT2D eigenvalue weighted by molar-refractivity contribution is 0.0369. The molecule has 4 nitrogen and oxygen atoms in total. The summed E-state index contributed by atoms with van der Waals surface area (Å²) in [4.78, 5) is 16.8. The van der Waals surface area contributed by atoms with Crippen molar-refractivity contribution in [2.24, 2.45) is 0 Å². The second kappa shape index (κ2) is 5.64. The second-order valence-electron chi connectivity index (χ2n) is 6.14. The first-order valence-corrected chi connectivity index (χ1v) is 7.65. The van der Waals surface area contributed by atoms with Crippen molar-refractivity contribution in [3.63, 3.8) is 0 Å². The molecule has 21 heavy (non-hydrogen) atoms. The Hall–Kier alpha value is -1.62. The van der Waals surface area contributed by atoms with E-state index >= 15 is 0 Å². The number of anilines is 1. The van der Waals surface area contributed by atoms with E-state index in [0.717, 1.165) is 19.5 Å². The number of hydrogen-bond acceptors (Lipinski definition) is 3. The lowest BCUT2D eigenvalue weighted by Crippen LogP contribution is -2.56. The maximum absolute atomic E-state index is 14.2. The number of nitrogens with two attached hydrogens (primary N) is 1. The molecule has 3 rings (SSSR count). The van der Waals surface area contributed by atoms with Gasteiger partial charge in [-0.3, -0.25) is 9.69 Å². The molecule has 2 heterocycles. The number of carbonyl (C=O) groups is 1. The Morgan fingerprint density at radius 2 is 2.10 bits per heavy atom. The summed E-state index contributed by atoms with van der Waals surface area (Å²) >= 11 is 0. The first-order valence-electron chi connectivity index (χ1n) is 7.65. The van der Waals surface area contributed by atoms with Crippen LogP contribution in [0.4, 0.5) is 10.1 Å². The summed E-state index contributed by atoms with van der Waals surface area (Å²) in [5.74, 6) is -0.673. The third kappa shape index (κ3) is 2.75. The summed E-state index contributed by atoms with van der Waals surface area (Å²) in [6.45, 7) is 5.02. The van der Waals surface area contributed by atoms with Gasteiger partial charge in [-0.05, 0) is 44.0 Å². The standard InChI is InChI=1S/C16H22FN3O/c1-11-8-12(18)9-14(15(11)17)16(21)20-7-6-19-5-3-2-4-13(19)10-20/h8-9,13H,2-7,10,18H2,1H3. The average Bonchev–Trinajstić information content (AvgIpc) is 2.49. The molecule has 2 fully saturated rings. The summed E-state index contributed by atoms with van der Waals surface area (Å²) in [6.07, 6.45) is 3.59. The predicted molar refractivity (Wildman–Crippen MR) is 80.7 cm³/mol. The molecule has 0 aromatic heterocycles. The van der Waals surface area contributed by atoms with E-state index in [4.69, 9.17) is 5.73 Å². The van der Waals surface area contributed by atoms with Crippen molar-refractivity contribution in [1.82, 2.24) is 9.80 Å². The number of benzene rings is 1. The molecule has 2 saturated heterocycles. The van der Waals surface area contributed by atoms with Crippen molar-refractivity contribution >= 4 is 11.6 Å². The van der Waals surface area contributed by atoms with Crippen LogP contribution in [0.25, 0.3) is 0 Å². The molecule has 1 atom stereocenters. The highest BCUT2D eigenvalue weighted by Gasteiger charge is 2.32. The minimum absolute atomic E-state index is 0.108. The summed E-state index contributed by atoms with van der Waals surface area (Å²) in [5.41, 5.74) is 6.73. The van der Waals surface area contributed by atoms with Crippen LogP contribution in [0.5, 0.6) is 0 Å². The molecule has 1 aromatic rings. The molecular weight excluding hydrogens is 269 g/mol. The summed E-state index contributed by atoms with van der Waals surface area (Å²) < 4.78 is 14.2. The number of halogens is 1. The monoisotopic (exact) mass is 291 g/mol. The second-order valence-corrected chi connectivity index (χ2v) is 6.14. The minimum atomic E-state index is -0.444. The number of fused-ring (bicyclic) bond motifs is 1. The SMILES string of the molecule is Cc1cc(N)cc(C(=O)N2CCN3CCCCC3C2)c1F. The van der Waals surface area contributed by atoms with E-state index in [2.05, 4.69) is 4.90 Å². The predicted octanol–water partition coefficient (Wildman–Crippen LogP) is 2.03. The number of nitrogen functional groups attached to an aromatic ring is 1. The van der Waals surface area contributed by atoms with Gasteiger partial charge in [-0.25, -0.2) is 4.39 Å². The number of hydrogen-bond donors (Lipinski definition) is 1. The van der Waals surface area contributed by atoms with Crippen LogP contribution >= 0.6 is 0 Å². The molecule has 5 heteroatoms. The van der Waals surface area contributed by atoms with E-state index in [9.17, 15) is 9.18 Å². The van der Waals surface area contributed by atoms with E-state index in [1.807, 2.05) is 0 Å². The smallest absolute Gasteiger partial charge is 0.257 e. The van der Waals surface area contributed by atoms with Gasteiger partial charge < -0.3 is 10.6 Å². The van der Waals surface area contributed by atoms with Crippen molar-refractivity contribution in [3.05, 3.63) is 29.1 Å². The summed E-state index contributed by atoms with van der Waals surface area (Å²) in [6, 6.07) is 3.45. The van der Waals surface area contributed by atoms with Crippen molar-refractivity contribution in [2.45, 2.75) is 32.2 Å². The zero-order chi connectivity index (χ0) is 15.0. The Kier molecular flexibility index (Phi) is 3.85. The van der Waals surface area contributed by atoms with Gasteiger partial charge in [-0.15, -0.1) is 0 Å². The van der Waals surface area contributed by atoms with Crippen molar-refractivity contribution < 1.29 is 9.18 Å². The highest BCUT2D eigenvalue weighted by Crippen LogP contribution is 2.24. The van der Waals surface area contributed by atoms with Gasteiger partial charge in [-0.2, -0.15) is 0 Å². The number of carbonyl (C=O) groups excluding carboxylic acids is 1. The van der Waals surface area contributed by atoms with Crippen molar-refractivity contribution in [2.75, 3.05) is 31.9 Å². The van der Waals surface area contributed by atoms with Gasteiger partial charge in [0.2, 0.25) is 0 Å². The first-order chi connectivity index (χ1) is 10.1. The molecule has 2 N–H and O–H groups in total. The third-order valence-corrected chi connectivity index (χ3v) is 4.63.